The Morgan fingerprint density at radius 3 is 2.56 bits per heavy atom. The molecule has 3 aromatic heterocycles. The van der Waals surface area contributed by atoms with Gasteiger partial charge in [-0.15, -0.1) is 0 Å². The Morgan fingerprint density at radius 2 is 1.91 bits per heavy atom. The highest BCUT2D eigenvalue weighted by Gasteiger charge is 2.20. The summed E-state index contributed by atoms with van der Waals surface area (Å²) >= 11 is 0. The molecule has 0 unspecified atom stereocenters. The molecule has 34 heavy (non-hydrogen) atoms. The van der Waals surface area contributed by atoms with Crippen molar-refractivity contribution in [1.29, 1.82) is 0 Å². The number of benzene rings is 1. The molecule has 0 atom stereocenters. The maximum atomic E-state index is 13.8. The fourth-order valence-corrected chi connectivity index (χ4v) is 4.24. The monoisotopic (exact) mass is 481 g/mol. The molecule has 1 aromatic carbocycles. The topological polar surface area (TPSA) is 109 Å². The van der Waals surface area contributed by atoms with E-state index in [1.165, 1.54) is 23.0 Å². The molecule has 0 amide bonds. The molecule has 4 aromatic rings. The van der Waals surface area contributed by atoms with Crippen LogP contribution in [0.4, 0.5) is 0 Å². The zero-order valence-corrected chi connectivity index (χ0v) is 20.4. The Morgan fingerprint density at radius 1 is 1.12 bits per heavy atom. The summed E-state index contributed by atoms with van der Waals surface area (Å²) in [5.41, 5.74) is 2.24. The third-order valence-electron chi connectivity index (χ3n) is 5.28. The molecule has 4 rings (SSSR count). The number of fused-ring (bicyclic) bond motifs is 1. The quantitative estimate of drug-likeness (QED) is 0.380. The maximum absolute atomic E-state index is 13.8. The van der Waals surface area contributed by atoms with Crippen LogP contribution in [0.15, 0.2) is 58.6 Å². The minimum atomic E-state index is -3.50. The first-order chi connectivity index (χ1) is 16.2. The molecule has 3 heterocycles. The number of rotatable bonds is 8. The van der Waals surface area contributed by atoms with Gasteiger partial charge in [-0.1, -0.05) is 26.8 Å². The molecule has 0 saturated heterocycles. The lowest BCUT2D eigenvalue weighted by atomic mass is 10.2. The zero-order valence-electron chi connectivity index (χ0n) is 19.6. The molecule has 0 aliphatic carbocycles. The summed E-state index contributed by atoms with van der Waals surface area (Å²) in [6.07, 6.45) is 4.82. The van der Waals surface area contributed by atoms with Crippen LogP contribution >= 0.6 is 0 Å². The van der Waals surface area contributed by atoms with Gasteiger partial charge in [0.15, 0.2) is 15.4 Å². The summed E-state index contributed by atoms with van der Waals surface area (Å²) in [4.78, 5) is 22.7. The van der Waals surface area contributed by atoms with Gasteiger partial charge in [-0.05, 0) is 42.7 Å². The van der Waals surface area contributed by atoms with Gasteiger partial charge in [0, 0.05) is 12.5 Å². The van der Waals surface area contributed by atoms with Crippen LogP contribution in [0.3, 0.4) is 0 Å². The van der Waals surface area contributed by atoms with Gasteiger partial charge in [0.05, 0.1) is 35.1 Å². The molecule has 0 saturated carbocycles. The number of ether oxygens (including phenoxy) is 1. The lowest BCUT2D eigenvalue weighted by Crippen LogP contribution is -2.23. The molecule has 0 N–H and O–H groups in total. The number of aromatic nitrogens is 5. The van der Waals surface area contributed by atoms with Gasteiger partial charge in [0.2, 0.25) is 0 Å². The molecule has 9 nitrogen and oxygen atoms in total. The van der Waals surface area contributed by atoms with Crippen molar-refractivity contribution in [3.05, 3.63) is 70.7 Å². The van der Waals surface area contributed by atoms with Crippen molar-refractivity contribution in [2.45, 2.75) is 38.6 Å². The van der Waals surface area contributed by atoms with Gasteiger partial charge in [0.25, 0.3) is 5.56 Å². The molecule has 0 bridgehead atoms. The van der Waals surface area contributed by atoms with Crippen LogP contribution < -0.4 is 10.3 Å². The summed E-state index contributed by atoms with van der Waals surface area (Å²) in [6, 6.07) is 10.1. The standard InChI is InChI=1S/C24H27N5O4S/c1-5-19-22-23(29(27-19)13-17-8-6-7-11-25-17)24(30)28(15-26-22)20-12-18(34(4,31)32)9-10-21(20)33-14-16(2)3/h6-12,15-16H,5,13-14H2,1-4H3. The second kappa shape index (κ2) is 9.38. The van der Waals surface area contributed by atoms with E-state index in [1.54, 1.807) is 16.9 Å². The van der Waals surface area contributed by atoms with Crippen molar-refractivity contribution in [3.63, 3.8) is 0 Å². The zero-order chi connectivity index (χ0) is 24.5. The van der Waals surface area contributed by atoms with E-state index in [9.17, 15) is 13.2 Å². The van der Waals surface area contributed by atoms with Crippen molar-refractivity contribution in [1.82, 2.24) is 24.3 Å². The van der Waals surface area contributed by atoms with Crippen LogP contribution in [0.5, 0.6) is 5.75 Å². The normalized spacial score (nSPS) is 11.9. The molecule has 0 aliphatic rings. The molecule has 178 valence electrons. The fraction of sp³-hybridized carbons (Fsp3) is 0.333. The van der Waals surface area contributed by atoms with Crippen molar-refractivity contribution in [2.75, 3.05) is 12.9 Å². The molecular weight excluding hydrogens is 454 g/mol. The van der Waals surface area contributed by atoms with E-state index >= 15 is 0 Å². The predicted molar refractivity (Wildman–Crippen MR) is 129 cm³/mol. The van der Waals surface area contributed by atoms with E-state index in [1.807, 2.05) is 39.0 Å². The third-order valence-corrected chi connectivity index (χ3v) is 6.39. The SMILES string of the molecule is CCc1nn(Cc2ccccn2)c2c(=O)n(-c3cc(S(C)(=O)=O)ccc3OCC(C)C)cnc12. The highest BCUT2D eigenvalue weighted by atomic mass is 32.2. The number of pyridine rings is 1. The summed E-state index contributed by atoms with van der Waals surface area (Å²) in [6.45, 7) is 6.68. The summed E-state index contributed by atoms with van der Waals surface area (Å²) < 4.78 is 33.3. The number of hydrogen-bond donors (Lipinski definition) is 0. The lowest BCUT2D eigenvalue weighted by Gasteiger charge is -2.15. The Hall–Kier alpha value is -3.53. The number of sulfone groups is 1. The highest BCUT2D eigenvalue weighted by Crippen LogP contribution is 2.27. The van der Waals surface area contributed by atoms with Crippen molar-refractivity contribution >= 4 is 20.9 Å². The average molecular weight is 482 g/mol. The molecule has 0 spiro atoms. The molecule has 0 aliphatic heterocycles. The number of hydrogen-bond acceptors (Lipinski definition) is 7. The van der Waals surface area contributed by atoms with Crippen LogP contribution in [-0.4, -0.2) is 45.6 Å². The van der Waals surface area contributed by atoms with Crippen molar-refractivity contribution < 1.29 is 13.2 Å². The van der Waals surface area contributed by atoms with E-state index in [-0.39, 0.29) is 16.4 Å². The van der Waals surface area contributed by atoms with E-state index in [4.69, 9.17) is 4.74 Å². The predicted octanol–water partition coefficient (Wildman–Crippen LogP) is 3.03. The highest BCUT2D eigenvalue weighted by molar-refractivity contribution is 7.90. The fourth-order valence-electron chi connectivity index (χ4n) is 3.60. The van der Waals surface area contributed by atoms with E-state index in [0.717, 1.165) is 11.9 Å². The van der Waals surface area contributed by atoms with Gasteiger partial charge >= 0.3 is 0 Å². The van der Waals surface area contributed by atoms with Gasteiger partial charge in [-0.3, -0.25) is 19.0 Å². The Kier molecular flexibility index (Phi) is 6.52. The van der Waals surface area contributed by atoms with E-state index < -0.39 is 9.84 Å². The number of aryl methyl sites for hydroxylation is 1. The van der Waals surface area contributed by atoms with Gasteiger partial charge in [0.1, 0.15) is 17.6 Å². The largest absolute Gasteiger partial charge is 0.491 e. The van der Waals surface area contributed by atoms with Crippen molar-refractivity contribution in [3.8, 4) is 11.4 Å². The first kappa shape index (κ1) is 23.6. The van der Waals surface area contributed by atoms with Gasteiger partial charge in [-0.2, -0.15) is 5.10 Å². The van der Waals surface area contributed by atoms with Crippen LogP contribution in [0, 0.1) is 5.92 Å². The molecule has 0 fully saturated rings. The third kappa shape index (κ3) is 4.72. The van der Waals surface area contributed by atoms with Crippen LogP contribution in [0.2, 0.25) is 0 Å². The Bertz CT molecular complexity index is 1490. The Labute approximate surface area is 198 Å². The minimum Gasteiger partial charge on any atom is -0.491 e. The average Bonchev–Trinajstić information content (AvgIpc) is 3.16. The smallest absolute Gasteiger partial charge is 0.284 e. The first-order valence-corrected chi connectivity index (χ1v) is 12.9. The van der Waals surface area contributed by atoms with E-state index in [2.05, 4.69) is 15.1 Å². The number of nitrogens with zero attached hydrogens (tertiary/aromatic N) is 5. The summed E-state index contributed by atoms with van der Waals surface area (Å²) in [7, 11) is -3.50. The summed E-state index contributed by atoms with van der Waals surface area (Å²) in [5, 5.41) is 4.61. The molecule has 10 heteroatoms. The minimum absolute atomic E-state index is 0.0858. The van der Waals surface area contributed by atoms with Crippen LogP contribution in [0.1, 0.15) is 32.2 Å². The van der Waals surface area contributed by atoms with Crippen molar-refractivity contribution in [2.24, 2.45) is 5.92 Å². The van der Waals surface area contributed by atoms with Gasteiger partial charge < -0.3 is 4.74 Å². The Balaban J connectivity index is 1.93. The van der Waals surface area contributed by atoms with Gasteiger partial charge in [-0.25, -0.2) is 13.4 Å². The van der Waals surface area contributed by atoms with Crippen LogP contribution in [-0.2, 0) is 22.8 Å². The van der Waals surface area contributed by atoms with E-state index in [0.29, 0.717) is 47.7 Å². The first-order valence-electron chi connectivity index (χ1n) is 11.0. The lowest BCUT2D eigenvalue weighted by molar-refractivity contribution is 0.270. The second-order valence-corrected chi connectivity index (χ2v) is 10.5. The molecular formula is C24H27N5O4S. The maximum Gasteiger partial charge on any atom is 0.284 e. The van der Waals surface area contributed by atoms with Crippen LogP contribution in [0.25, 0.3) is 16.7 Å². The second-order valence-electron chi connectivity index (χ2n) is 8.50. The molecule has 0 radical (unpaired) electrons. The summed E-state index contributed by atoms with van der Waals surface area (Å²) in [5.74, 6) is 0.641.